The minimum Gasteiger partial charge on any atom is -0.361 e. The summed E-state index contributed by atoms with van der Waals surface area (Å²) in [6.45, 7) is 9.73. The number of ketones is 1. The maximum absolute atomic E-state index is 11.5. The lowest BCUT2D eigenvalue weighted by Gasteiger charge is -2.06. The Bertz CT molecular complexity index is 220. The molecular formula is C11H18O2. The zero-order valence-electron chi connectivity index (χ0n) is 8.67. The van der Waals surface area contributed by atoms with Crippen molar-refractivity contribution >= 4 is 5.78 Å². The lowest BCUT2D eigenvalue weighted by molar-refractivity contribution is -0.120. The molecule has 0 spiro atoms. The van der Waals surface area contributed by atoms with Crippen LogP contribution in [-0.2, 0) is 9.53 Å². The molecule has 13 heavy (non-hydrogen) atoms. The van der Waals surface area contributed by atoms with Crippen LogP contribution in [0.15, 0.2) is 12.7 Å². The molecule has 1 heterocycles. The predicted octanol–water partition coefficient (Wildman–Crippen LogP) is 2.34. The van der Waals surface area contributed by atoms with Gasteiger partial charge in [-0.1, -0.05) is 19.9 Å². The number of rotatable bonds is 5. The minimum atomic E-state index is -0.242. The first-order valence-corrected chi connectivity index (χ1v) is 4.80. The van der Waals surface area contributed by atoms with Gasteiger partial charge in [-0.2, -0.15) is 0 Å². The Morgan fingerprint density at radius 3 is 2.69 bits per heavy atom. The highest BCUT2D eigenvalue weighted by atomic mass is 16.6. The maximum Gasteiger partial charge on any atom is 0.136 e. The molecule has 0 N–H and O–H groups in total. The molecule has 0 aromatic heterocycles. The first-order chi connectivity index (χ1) is 5.98. The highest BCUT2D eigenvalue weighted by Gasteiger charge is 2.51. The van der Waals surface area contributed by atoms with E-state index >= 15 is 0 Å². The smallest absolute Gasteiger partial charge is 0.136 e. The molecule has 0 saturated carbocycles. The Labute approximate surface area is 80.0 Å². The molecule has 0 amide bonds. The monoisotopic (exact) mass is 182 g/mol. The molecule has 1 aliphatic heterocycles. The molecule has 0 bridgehead atoms. The fourth-order valence-electron chi connectivity index (χ4n) is 1.61. The Hall–Kier alpha value is -0.630. The molecule has 0 aromatic carbocycles. The summed E-state index contributed by atoms with van der Waals surface area (Å²) in [4.78, 5) is 11.5. The number of Topliss-reactive ketones (excluding diaryl/α,β-unsaturated/α-hetero) is 1. The van der Waals surface area contributed by atoms with Gasteiger partial charge < -0.3 is 4.74 Å². The van der Waals surface area contributed by atoms with Crippen LogP contribution >= 0.6 is 0 Å². The Morgan fingerprint density at radius 1 is 1.69 bits per heavy atom. The van der Waals surface area contributed by atoms with Crippen LogP contribution in [-0.4, -0.2) is 17.5 Å². The van der Waals surface area contributed by atoms with Crippen LogP contribution in [0.2, 0.25) is 0 Å². The predicted molar refractivity (Wildman–Crippen MR) is 52.6 cm³/mol. The topological polar surface area (TPSA) is 29.6 Å². The Balaban J connectivity index is 2.33. The van der Waals surface area contributed by atoms with Gasteiger partial charge in [0, 0.05) is 12.8 Å². The van der Waals surface area contributed by atoms with Crippen LogP contribution < -0.4 is 0 Å². The second kappa shape index (κ2) is 3.62. The van der Waals surface area contributed by atoms with E-state index < -0.39 is 0 Å². The zero-order valence-corrected chi connectivity index (χ0v) is 8.67. The van der Waals surface area contributed by atoms with Crippen LogP contribution in [0.1, 0.15) is 33.6 Å². The number of hydrogen-bond acceptors (Lipinski definition) is 2. The van der Waals surface area contributed by atoms with Gasteiger partial charge in [0.2, 0.25) is 0 Å². The molecule has 2 nitrogen and oxygen atoms in total. The fourth-order valence-corrected chi connectivity index (χ4v) is 1.61. The first-order valence-electron chi connectivity index (χ1n) is 4.80. The van der Waals surface area contributed by atoms with E-state index in [1.54, 1.807) is 6.08 Å². The number of carbonyl (C=O) groups excluding carboxylic acids is 1. The standard InChI is InChI=1S/C11H18O2/c1-5-10-11(4,13-10)7-9(12)6-8(2)3/h5,8,10H,1,6-7H2,2-4H3. The van der Waals surface area contributed by atoms with Crippen molar-refractivity contribution in [1.82, 2.24) is 0 Å². The van der Waals surface area contributed by atoms with Gasteiger partial charge in [-0.05, 0) is 12.8 Å². The van der Waals surface area contributed by atoms with Gasteiger partial charge in [0.15, 0.2) is 0 Å². The third-order valence-electron chi connectivity index (χ3n) is 2.34. The maximum atomic E-state index is 11.5. The lowest BCUT2D eigenvalue weighted by atomic mass is 9.96. The first kappa shape index (κ1) is 10.5. The molecule has 0 aromatic rings. The van der Waals surface area contributed by atoms with E-state index in [2.05, 4.69) is 20.4 Å². The average Bonchev–Trinajstić information content (AvgIpc) is 2.58. The van der Waals surface area contributed by atoms with Crippen LogP contribution in [0.3, 0.4) is 0 Å². The molecule has 1 fully saturated rings. The van der Waals surface area contributed by atoms with Gasteiger partial charge in [0.05, 0.1) is 0 Å². The van der Waals surface area contributed by atoms with Crippen LogP contribution in [0.5, 0.6) is 0 Å². The highest BCUT2D eigenvalue weighted by Crippen LogP contribution is 2.40. The second-order valence-corrected chi connectivity index (χ2v) is 4.40. The van der Waals surface area contributed by atoms with Crippen molar-refractivity contribution in [3.05, 3.63) is 12.7 Å². The molecule has 1 aliphatic rings. The molecule has 2 heteroatoms. The van der Waals surface area contributed by atoms with E-state index in [1.165, 1.54) is 0 Å². The van der Waals surface area contributed by atoms with E-state index in [9.17, 15) is 4.79 Å². The van der Waals surface area contributed by atoms with E-state index in [4.69, 9.17) is 4.74 Å². The molecule has 0 radical (unpaired) electrons. The van der Waals surface area contributed by atoms with E-state index in [0.29, 0.717) is 24.5 Å². The van der Waals surface area contributed by atoms with Crippen molar-refractivity contribution in [2.24, 2.45) is 5.92 Å². The van der Waals surface area contributed by atoms with Gasteiger partial charge >= 0.3 is 0 Å². The van der Waals surface area contributed by atoms with Crippen molar-refractivity contribution in [1.29, 1.82) is 0 Å². The highest BCUT2D eigenvalue weighted by molar-refractivity contribution is 5.80. The lowest BCUT2D eigenvalue weighted by Crippen LogP contribution is -2.16. The van der Waals surface area contributed by atoms with Crippen molar-refractivity contribution < 1.29 is 9.53 Å². The SMILES string of the molecule is C=CC1OC1(C)CC(=O)CC(C)C. The van der Waals surface area contributed by atoms with Crippen molar-refractivity contribution in [3.63, 3.8) is 0 Å². The number of ether oxygens (including phenoxy) is 1. The molecule has 1 saturated heterocycles. The van der Waals surface area contributed by atoms with Gasteiger partial charge in [-0.15, -0.1) is 6.58 Å². The van der Waals surface area contributed by atoms with Crippen molar-refractivity contribution in [3.8, 4) is 0 Å². The minimum absolute atomic E-state index is 0.0867. The number of epoxide rings is 1. The van der Waals surface area contributed by atoms with Gasteiger partial charge in [0.25, 0.3) is 0 Å². The summed E-state index contributed by atoms with van der Waals surface area (Å²) < 4.78 is 5.37. The molecule has 74 valence electrons. The summed E-state index contributed by atoms with van der Waals surface area (Å²) in [5.41, 5.74) is -0.242. The third kappa shape index (κ3) is 2.66. The molecule has 0 aliphatic carbocycles. The zero-order chi connectivity index (χ0) is 10.1. The molecule has 2 atom stereocenters. The van der Waals surface area contributed by atoms with E-state index in [1.807, 2.05) is 6.92 Å². The van der Waals surface area contributed by atoms with Gasteiger partial charge in [-0.3, -0.25) is 4.79 Å². The normalized spacial score (nSPS) is 31.8. The van der Waals surface area contributed by atoms with E-state index in [0.717, 1.165) is 0 Å². The molecular weight excluding hydrogens is 164 g/mol. The fraction of sp³-hybridized carbons (Fsp3) is 0.727. The summed E-state index contributed by atoms with van der Waals surface area (Å²) in [6.07, 6.45) is 3.04. The molecule has 1 rings (SSSR count). The van der Waals surface area contributed by atoms with Crippen LogP contribution in [0.25, 0.3) is 0 Å². The summed E-state index contributed by atoms with van der Waals surface area (Å²) in [6, 6.07) is 0. The average molecular weight is 182 g/mol. The van der Waals surface area contributed by atoms with E-state index in [-0.39, 0.29) is 11.7 Å². The number of carbonyl (C=O) groups is 1. The Kier molecular flexibility index (Phi) is 2.91. The third-order valence-corrected chi connectivity index (χ3v) is 2.34. The van der Waals surface area contributed by atoms with Gasteiger partial charge in [0.1, 0.15) is 17.5 Å². The summed E-state index contributed by atoms with van der Waals surface area (Å²) in [5.74, 6) is 0.735. The van der Waals surface area contributed by atoms with Crippen molar-refractivity contribution in [2.45, 2.75) is 45.3 Å². The summed E-state index contributed by atoms with van der Waals surface area (Å²) in [5, 5.41) is 0. The Morgan fingerprint density at radius 2 is 2.31 bits per heavy atom. The quantitative estimate of drug-likeness (QED) is 0.482. The summed E-state index contributed by atoms with van der Waals surface area (Å²) in [7, 11) is 0. The second-order valence-electron chi connectivity index (χ2n) is 4.40. The van der Waals surface area contributed by atoms with Crippen molar-refractivity contribution in [2.75, 3.05) is 0 Å². The largest absolute Gasteiger partial charge is 0.361 e. The van der Waals surface area contributed by atoms with Gasteiger partial charge in [-0.25, -0.2) is 0 Å². The molecule has 2 unspecified atom stereocenters. The summed E-state index contributed by atoms with van der Waals surface area (Å²) >= 11 is 0. The van der Waals surface area contributed by atoms with Crippen LogP contribution in [0, 0.1) is 5.92 Å². The number of hydrogen-bond donors (Lipinski definition) is 0. The van der Waals surface area contributed by atoms with Crippen LogP contribution in [0.4, 0.5) is 0 Å².